The molecule has 0 radical (unpaired) electrons. The number of aliphatic carboxylic acids is 1. The second-order valence-corrected chi connectivity index (χ2v) is 12.4. The number of aromatic hydroxyl groups is 2. The standard InChI is InChI=1S/C23H20N6O7S4/c1-36-28-15(12-8-38-22(24)25-12)18(32)27-16-19(33)29-17(21(34)35)10(5-37-20(16)29)6-39-23-26-11(7-40-23)9-2-3-13(30)14(31)4-9/h2-4,7-8,16,20,30-31H,5-6H2,1H3,(H2,24,25)(H,27,32)(H,34,35)/b28-15-/t16-,20-/m1/s1. The van der Waals surface area contributed by atoms with Crippen molar-refractivity contribution in [2.45, 2.75) is 15.8 Å². The number of amides is 2. The zero-order chi connectivity index (χ0) is 28.6. The number of carbonyl (C=O) groups excluding carboxylic acids is 2. The number of β-lactam (4-membered cyclic amide) rings is 1. The van der Waals surface area contributed by atoms with Crippen LogP contribution in [0.5, 0.6) is 11.5 Å². The van der Waals surface area contributed by atoms with Crippen LogP contribution in [0.1, 0.15) is 5.69 Å². The summed E-state index contributed by atoms with van der Waals surface area (Å²) >= 11 is 5.14. The monoisotopic (exact) mass is 620 g/mol. The summed E-state index contributed by atoms with van der Waals surface area (Å²) in [4.78, 5) is 52.6. The van der Waals surface area contributed by atoms with Crippen molar-refractivity contribution in [3.05, 3.63) is 45.9 Å². The molecule has 40 heavy (non-hydrogen) atoms. The molecule has 208 valence electrons. The molecule has 1 saturated heterocycles. The fourth-order valence-corrected chi connectivity index (χ4v) is 7.85. The van der Waals surface area contributed by atoms with Gasteiger partial charge in [-0.3, -0.25) is 14.5 Å². The van der Waals surface area contributed by atoms with Gasteiger partial charge in [0.2, 0.25) is 0 Å². The highest BCUT2D eigenvalue weighted by atomic mass is 32.2. The molecule has 2 amide bonds. The van der Waals surface area contributed by atoms with Gasteiger partial charge in [-0.1, -0.05) is 16.9 Å². The molecule has 1 aromatic carbocycles. The molecule has 6 N–H and O–H groups in total. The molecule has 0 aliphatic carbocycles. The number of nitrogen functional groups attached to an aromatic ring is 1. The average Bonchev–Trinajstić information content (AvgIpc) is 3.59. The van der Waals surface area contributed by atoms with E-state index in [4.69, 9.17) is 10.6 Å². The Morgan fingerprint density at radius 1 is 1.25 bits per heavy atom. The van der Waals surface area contributed by atoms with Crippen LogP contribution in [-0.4, -0.2) is 83.7 Å². The Morgan fingerprint density at radius 3 is 2.73 bits per heavy atom. The maximum Gasteiger partial charge on any atom is 0.352 e. The van der Waals surface area contributed by atoms with Crippen LogP contribution >= 0.6 is 46.2 Å². The molecule has 2 aliphatic rings. The fraction of sp³-hybridized carbons (Fsp3) is 0.217. The van der Waals surface area contributed by atoms with Gasteiger partial charge in [0, 0.05) is 27.8 Å². The van der Waals surface area contributed by atoms with Gasteiger partial charge in [-0.05, 0) is 23.8 Å². The number of aromatic nitrogens is 2. The van der Waals surface area contributed by atoms with Crippen molar-refractivity contribution in [3.63, 3.8) is 0 Å². The molecule has 4 heterocycles. The van der Waals surface area contributed by atoms with Crippen LogP contribution in [0.2, 0.25) is 0 Å². The Morgan fingerprint density at radius 2 is 2.05 bits per heavy atom. The molecule has 2 aromatic heterocycles. The van der Waals surface area contributed by atoms with E-state index in [0.29, 0.717) is 26.9 Å². The Hall–Kier alpha value is -3.80. The van der Waals surface area contributed by atoms with E-state index in [9.17, 15) is 29.7 Å². The number of hydrogen-bond acceptors (Lipinski definition) is 14. The van der Waals surface area contributed by atoms with E-state index in [2.05, 4.69) is 20.4 Å². The number of thiazole rings is 2. The highest BCUT2D eigenvalue weighted by Crippen LogP contribution is 2.42. The summed E-state index contributed by atoms with van der Waals surface area (Å²) in [6.45, 7) is 0. The van der Waals surface area contributed by atoms with E-state index in [1.54, 1.807) is 11.4 Å². The predicted octanol–water partition coefficient (Wildman–Crippen LogP) is 2.14. The number of nitrogens with one attached hydrogen (secondary N) is 1. The van der Waals surface area contributed by atoms with E-state index in [1.807, 2.05) is 0 Å². The Balaban J connectivity index is 1.28. The molecule has 13 nitrogen and oxygen atoms in total. The van der Waals surface area contributed by atoms with Gasteiger partial charge in [-0.25, -0.2) is 14.8 Å². The fourth-order valence-electron chi connectivity index (χ4n) is 3.98. The number of fused-ring (bicyclic) bond motifs is 1. The predicted molar refractivity (Wildman–Crippen MR) is 151 cm³/mol. The highest BCUT2D eigenvalue weighted by Gasteiger charge is 2.54. The normalized spacial score (nSPS) is 18.8. The summed E-state index contributed by atoms with van der Waals surface area (Å²) in [5.74, 6) is -2.36. The maximum absolute atomic E-state index is 13.0. The van der Waals surface area contributed by atoms with Gasteiger partial charge in [0.1, 0.15) is 29.9 Å². The van der Waals surface area contributed by atoms with Crippen molar-refractivity contribution < 1.29 is 34.5 Å². The van der Waals surface area contributed by atoms with Crippen molar-refractivity contribution in [1.29, 1.82) is 0 Å². The Kier molecular flexibility index (Phi) is 7.88. The second-order valence-electron chi connectivity index (χ2n) is 8.30. The first-order valence-corrected chi connectivity index (χ1v) is 15.1. The number of carboxylic acid groups (broad SMARTS) is 1. The number of carbonyl (C=O) groups is 3. The summed E-state index contributed by atoms with van der Waals surface area (Å²) in [6, 6.07) is 3.45. The van der Waals surface area contributed by atoms with Crippen LogP contribution in [0, 0.1) is 0 Å². The lowest BCUT2D eigenvalue weighted by Crippen LogP contribution is -2.71. The lowest BCUT2D eigenvalue weighted by atomic mass is 10.0. The molecule has 3 aromatic rings. The lowest BCUT2D eigenvalue weighted by molar-refractivity contribution is -0.150. The molecular formula is C23H20N6O7S4. The van der Waals surface area contributed by atoms with E-state index < -0.39 is 29.2 Å². The third-order valence-corrected chi connectivity index (χ3v) is 9.94. The van der Waals surface area contributed by atoms with E-state index in [0.717, 1.165) is 11.3 Å². The number of phenols is 2. The summed E-state index contributed by atoms with van der Waals surface area (Å²) in [5, 5.41) is 38.5. The van der Waals surface area contributed by atoms with Gasteiger partial charge in [-0.15, -0.1) is 34.4 Å². The van der Waals surface area contributed by atoms with Crippen molar-refractivity contribution in [1.82, 2.24) is 20.2 Å². The van der Waals surface area contributed by atoms with Crippen molar-refractivity contribution in [3.8, 4) is 22.8 Å². The second kappa shape index (κ2) is 11.4. The van der Waals surface area contributed by atoms with Crippen LogP contribution in [0.15, 0.2) is 49.7 Å². The quantitative estimate of drug-likeness (QED) is 0.0768. The minimum Gasteiger partial charge on any atom is -0.504 e. The number of thioether (sulfide) groups is 2. The van der Waals surface area contributed by atoms with Crippen LogP contribution in [0.3, 0.4) is 0 Å². The molecule has 17 heteroatoms. The first kappa shape index (κ1) is 27.8. The number of hydrogen-bond donors (Lipinski definition) is 5. The minimum absolute atomic E-state index is 0.106. The first-order chi connectivity index (χ1) is 19.2. The average molecular weight is 621 g/mol. The van der Waals surface area contributed by atoms with Crippen LogP contribution in [0.25, 0.3) is 11.3 Å². The largest absolute Gasteiger partial charge is 0.504 e. The summed E-state index contributed by atoms with van der Waals surface area (Å²) in [6.07, 6.45) is 0. The molecule has 0 unspecified atom stereocenters. The summed E-state index contributed by atoms with van der Waals surface area (Å²) in [5.41, 5.74) is 7.36. The first-order valence-electron chi connectivity index (χ1n) is 11.3. The van der Waals surface area contributed by atoms with Crippen molar-refractivity contribution >= 4 is 74.8 Å². The third-order valence-electron chi connectivity index (χ3n) is 5.82. The van der Waals surface area contributed by atoms with Gasteiger partial charge in [0.25, 0.3) is 11.8 Å². The minimum atomic E-state index is -1.24. The lowest BCUT2D eigenvalue weighted by Gasteiger charge is -2.49. The van der Waals surface area contributed by atoms with Crippen LogP contribution < -0.4 is 11.1 Å². The number of oxime groups is 1. The van der Waals surface area contributed by atoms with Crippen molar-refractivity contribution in [2.75, 3.05) is 24.3 Å². The van der Waals surface area contributed by atoms with Gasteiger partial charge >= 0.3 is 5.97 Å². The molecule has 2 atom stereocenters. The molecule has 5 rings (SSSR count). The number of nitrogens with zero attached hydrogens (tertiary/aromatic N) is 4. The van der Waals surface area contributed by atoms with Crippen LogP contribution in [0.4, 0.5) is 5.13 Å². The zero-order valence-electron chi connectivity index (χ0n) is 20.4. The SMILES string of the molecule is CO/N=C(\C(=O)N[C@@H]1C(=O)N2C(C(=O)O)=C(CSc3nc(-c4ccc(O)c(O)c4)cs3)CS[C@H]12)c1csc(N)n1. The van der Waals surface area contributed by atoms with E-state index in [-0.39, 0.29) is 39.5 Å². The Labute approximate surface area is 242 Å². The molecule has 0 saturated carbocycles. The van der Waals surface area contributed by atoms with E-state index >= 15 is 0 Å². The molecular weight excluding hydrogens is 601 g/mol. The number of carboxylic acids is 1. The van der Waals surface area contributed by atoms with Crippen molar-refractivity contribution in [2.24, 2.45) is 5.16 Å². The number of anilines is 1. The molecule has 1 fully saturated rings. The summed E-state index contributed by atoms with van der Waals surface area (Å²) in [7, 11) is 1.27. The molecule has 0 spiro atoms. The number of rotatable bonds is 9. The maximum atomic E-state index is 13.0. The van der Waals surface area contributed by atoms with E-state index in [1.165, 1.54) is 64.4 Å². The van der Waals surface area contributed by atoms with Gasteiger partial charge in [0.15, 0.2) is 26.7 Å². The topological polar surface area (TPSA) is 201 Å². The highest BCUT2D eigenvalue weighted by molar-refractivity contribution is 8.01. The molecule has 2 aliphatic heterocycles. The number of phenolic OH excluding ortho intramolecular Hbond substituents is 2. The number of nitrogens with two attached hydrogens (primary N) is 1. The van der Waals surface area contributed by atoms with Gasteiger partial charge < -0.3 is 31.2 Å². The van der Waals surface area contributed by atoms with Gasteiger partial charge in [-0.2, -0.15) is 0 Å². The zero-order valence-corrected chi connectivity index (χ0v) is 23.7. The van der Waals surface area contributed by atoms with Gasteiger partial charge in [0.05, 0.1) is 5.69 Å². The molecule has 0 bridgehead atoms. The third kappa shape index (κ3) is 5.32. The Bertz CT molecular complexity index is 1570. The number of benzene rings is 1. The van der Waals surface area contributed by atoms with Crippen LogP contribution in [-0.2, 0) is 19.2 Å². The summed E-state index contributed by atoms with van der Waals surface area (Å²) < 4.78 is 0.666. The smallest absolute Gasteiger partial charge is 0.352 e.